The van der Waals surface area contributed by atoms with E-state index in [2.05, 4.69) is 5.32 Å². The molecule has 0 spiro atoms. The molecule has 1 aromatic carbocycles. The van der Waals surface area contributed by atoms with Gasteiger partial charge in [0.15, 0.2) is 11.6 Å². The van der Waals surface area contributed by atoms with Crippen LogP contribution in [0.15, 0.2) is 18.2 Å². The van der Waals surface area contributed by atoms with Gasteiger partial charge >= 0.3 is 0 Å². The smallest absolute Gasteiger partial charge is 0.234 e. The fourth-order valence-electron chi connectivity index (χ4n) is 0.785. The van der Waals surface area contributed by atoms with Gasteiger partial charge in [-0.1, -0.05) is 22.6 Å². The van der Waals surface area contributed by atoms with E-state index >= 15 is 0 Å². The molecule has 0 aliphatic carbocycles. The van der Waals surface area contributed by atoms with E-state index in [4.69, 9.17) is 5.11 Å². The van der Waals surface area contributed by atoms with Gasteiger partial charge in [-0.2, -0.15) is 0 Å². The second-order valence-corrected chi connectivity index (χ2v) is 3.11. The quantitative estimate of drug-likeness (QED) is 0.647. The molecule has 0 aliphatic rings. The highest BCUT2D eigenvalue weighted by molar-refractivity contribution is 14.1. The lowest BCUT2D eigenvalue weighted by Crippen LogP contribution is -2.11. The summed E-state index contributed by atoms with van der Waals surface area (Å²) < 4.78 is 12.9. The van der Waals surface area contributed by atoms with Crippen LogP contribution >= 0.6 is 22.6 Å². The van der Waals surface area contributed by atoms with Crippen molar-refractivity contribution in [2.45, 2.75) is 0 Å². The number of amides is 1. The van der Waals surface area contributed by atoms with E-state index in [0.29, 0.717) is 10.1 Å². The molecule has 3 nitrogen and oxygen atoms in total. The molecule has 0 saturated heterocycles. The highest BCUT2D eigenvalue weighted by Crippen LogP contribution is 2.19. The molecule has 0 unspecified atom stereocenters. The Kier molecular flexibility index (Phi) is 3.47. The van der Waals surface area contributed by atoms with Crippen molar-refractivity contribution in [3.63, 3.8) is 0 Å². The molecule has 0 atom stereocenters. The number of nitrogens with one attached hydrogen (secondary N) is 1. The average Bonchev–Trinajstić information content (AvgIpc) is 2.11. The molecular formula is C8H7FINO2. The van der Waals surface area contributed by atoms with E-state index < -0.39 is 11.6 Å². The first-order chi connectivity index (χ1) is 6.13. The van der Waals surface area contributed by atoms with Crippen molar-refractivity contribution in [2.75, 3.05) is 9.74 Å². The SMILES string of the molecule is O=C(CI)Nc1ccc(F)c(O)c1. The van der Waals surface area contributed by atoms with E-state index in [1.54, 1.807) is 0 Å². The van der Waals surface area contributed by atoms with Gasteiger partial charge in [-0.3, -0.25) is 4.79 Å². The molecule has 13 heavy (non-hydrogen) atoms. The van der Waals surface area contributed by atoms with Gasteiger partial charge < -0.3 is 10.4 Å². The van der Waals surface area contributed by atoms with Gasteiger partial charge in [0.2, 0.25) is 5.91 Å². The van der Waals surface area contributed by atoms with Crippen LogP contribution in [0, 0.1) is 5.82 Å². The van der Waals surface area contributed by atoms with E-state index in [-0.39, 0.29) is 5.91 Å². The zero-order valence-corrected chi connectivity index (χ0v) is 8.71. The number of hydrogen-bond acceptors (Lipinski definition) is 2. The predicted molar refractivity (Wildman–Crippen MR) is 55.6 cm³/mol. The van der Waals surface area contributed by atoms with Gasteiger partial charge in [0.05, 0.1) is 4.43 Å². The molecule has 0 aromatic heterocycles. The van der Waals surface area contributed by atoms with Crippen molar-refractivity contribution in [3.8, 4) is 5.75 Å². The fourth-order valence-corrected chi connectivity index (χ4v) is 0.976. The normalized spacial score (nSPS) is 9.69. The third-order valence-electron chi connectivity index (χ3n) is 1.35. The summed E-state index contributed by atoms with van der Waals surface area (Å²) in [6.45, 7) is 0. The number of aromatic hydroxyl groups is 1. The molecule has 0 fully saturated rings. The lowest BCUT2D eigenvalue weighted by atomic mass is 10.3. The van der Waals surface area contributed by atoms with E-state index in [1.807, 2.05) is 22.6 Å². The summed E-state index contributed by atoms with van der Waals surface area (Å²) in [6.07, 6.45) is 0. The number of phenolic OH excluding ortho intramolecular Hbond substituents is 1. The van der Waals surface area contributed by atoms with Crippen molar-refractivity contribution in [3.05, 3.63) is 24.0 Å². The van der Waals surface area contributed by atoms with Crippen molar-refractivity contribution in [1.82, 2.24) is 0 Å². The maximum Gasteiger partial charge on any atom is 0.234 e. The topological polar surface area (TPSA) is 49.3 Å². The van der Waals surface area contributed by atoms with Crippen LogP contribution < -0.4 is 5.32 Å². The first-order valence-electron chi connectivity index (χ1n) is 3.48. The molecule has 1 aromatic rings. The monoisotopic (exact) mass is 295 g/mol. The summed E-state index contributed by atoms with van der Waals surface area (Å²) >= 11 is 1.91. The summed E-state index contributed by atoms with van der Waals surface area (Å²) in [5.41, 5.74) is 0.389. The van der Waals surface area contributed by atoms with Crippen molar-refractivity contribution in [2.24, 2.45) is 0 Å². The standard InChI is InChI=1S/C8H7FINO2/c9-6-2-1-5(3-7(6)12)11-8(13)4-10/h1-3,12H,4H2,(H,11,13). The van der Waals surface area contributed by atoms with Crippen LogP contribution in [0.3, 0.4) is 0 Å². The number of carbonyl (C=O) groups excluding carboxylic acids is 1. The van der Waals surface area contributed by atoms with Crippen LogP contribution in [0.5, 0.6) is 5.75 Å². The van der Waals surface area contributed by atoms with Crippen LogP contribution in [-0.4, -0.2) is 15.4 Å². The van der Waals surface area contributed by atoms with Gasteiger partial charge in [-0.25, -0.2) is 4.39 Å². The van der Waals surface area contributed by atoms with Crippen molar-refractivity contribution in [1.29, 1.82) is 0 Å². The molecule has 70 valence electrons. The maximum atomic E-state index is 12.6. The average molecular weight is 295 g/mol. The third kappa shape index (κ3) is 2.83. The van der Waals surface area contributed by atoms with E-state index in [0.717, 1.165) is 6.07 Å². The second kappa shape index (κ2) is 4.40. The molecule has 1 amide bonds. The minimum absolute atomic E-state index is 0.188. The maximum absolute atomic E-state index is 12.6. The van der Waals surface area contributed by atoms with Crippen molar-refractivity contribution >= 4 is 34.2 Å². The summed E-state index contributed by atoms with van der Waals surface area (Å²) in [7, 11) is 0. The molecule has 0 radical (unpaired) electrons. The number of hydrogen-bond donors (Lipinski definition) is 2. The Labute approximate surface area is 88.1 Å². The Balaban J connectivity index is 2.79. The van der Waals surface area contributed by atoms with Crippen LogP contribution in [0.25, 0.3) is 0 Å². The number of anilines is 1. The fraction of sp³-hybridized carbons (Fsp3) is 0.125. The highest BCUT2D eigenvalue weighted by atomic mass is 127. The number of phenols is 1. The second-order valence-electron chi connectivity index (χ2n) is 2.35. The van der Waals surface area contributed by atoms with E-state index in [9.17, 15) is 9.18 Å². The summed E-state index contributed by atoms with van der Waals surface area (Å²) in [4.78, 5) is 10.9. The number of alkyl halides is 1. The third-order valence-corrected chi connectivity index (χ3v) is 2.04. The summed E-state index contributed by atoms with van der Waals surface area (Å²) in [5, 5.41) is 11.4. The lowest BCUT2D eigenvalue weighted by molar-refractivity contribution is -0.113. The largest absolute Gasteiger partial charge is 0.505 e. The van der Waals surface area contributed by atoms with Crippen LogP contribution in [0.4, 0.5) is 10.1 Å². The number of carbonyl (C=O) groups is 1. The Bertz CT molecular complexity index is 330. The van der Waals surface area contributed by atoms with Crippen molar-refractivity contribution < 1.29 is 14.3 Å². The lowest BCUT2D eigenvalue weighted by Gasteiger charge is -2.03. The Morgan fingerprint density at radius 2 is 2.31 bits per heavy atom. The molecule has 1 rings (SSSR count). The summed E-state index contributed by atoms with van der Waals surface area (Å²) in [6, 6.07) is 3.65. The van der Waals surface area contributed by atoms with E-state index in [1.165, 1.54) is 12.1 Å². The Morgan fingerprint density at radius 3 is 2.85 bits per heavy atom. The van der Waals surface area contributed by atoms with Crippen LogP contribution in [0.2, 0.25) is 0 Å². The number of rotatable bonds is 2. The molecule has 0 aliphatic heterocycles. The van der Waals surface area contributed by atoms with Gasteiger partial charge in [0.25, 0.3) is 0 Å². The summed E-state index contributed by atoms with van der Waals surface area (Å²) in [5.74, 6) is -1.36. The van der Waals surface area contributed by atoms with Gasteiger partial charge in [-0.05, 0) is 12.1 Å². The molecule has 0 saturated carbocycles. The van der Waals surface area contributed by atoms with Gasteiger partial charge in [0, 0.05) is 11.8 Å². The zero-order valence-electron chi connectivity index (χ0n) is 6.55. The zero-order chi connectivity index (χ0) is 9.84. The molecule has 5 heteroatoms. The number of halogens is 2. The van der Waals surface area contributed by atoms with Crippen LogP contribution in [-0.2, 0) is 4.79 Å². The van der Waals surface area contributed by atoms with Crippen LogP contribution in [0.1, 0.15) is 0 Å². The molecule has 0 heterocycles. The Morgan fingerprint density at radius 1 is 1.62 bits per heavy atom. The molecule has 2 N–H and O–H groups in total. The first kappa shape index (κ1) is 10.2. The molecular weight excluding hydrogens is 288 g/mol. The Hall–Kier alpha value is -0.850. The van der Waals surface area contributed by atoms with Gasteiger partial charge in [-0.15, -0.1) is 0 Å². The molecule has 0 bridgehead atoms. The first-order valence-corrected chi connectivity index (χ1v) is 5.00. The highest BCUT2D eigenvalue weighted by Gasteiger charge is 2.03. The predicted octanol–water partition coefficient (Wildman–Crippen LogP) is 1.90. The van der Waals surface area contributed by atoms with Gasteiger partial charge in [0.1, 0.15) is 0 Å². The minimum atomic E-state index is -0.701. The number of benzene rings is 1. The minimum Gasteiger partial charge on any atom is -0.505 e.